The molecular formula is C6H8F3NO. The fourth-order valence-electron chi connectivity index (χ4n) is 0.299. The lowest BCUT2D eigenvalue weighted by atomic mass is 10.5. The van der Waals surface area contributed by atoms with Crippen LogP contribution >= 0.6 is 0 Å². The number of hydrogen-bond donors (Lipinski definition) is 0. The zero-order chi connectivity index (χ0) is 9.07. The SMILES string of the molecule is C=C(N=C(C)OC)C(F)(F)F. The normalized spacial score (nSPS) is 13.0. The predicted molar refractivity (Wildman–Crippen MR) is 35.3 cm³/mol. The van der Waals surface area contributed by atoms with Gasteiger partial charge in [-0.1, -0.05) is 6.58 Å². The van der Waals surface area contributed by atoms with Crippen LogP contribution in [-0.2, 0) is 4.74 Å². The van der Waals surface area contributed by atoms with Crippen molar-refractivity contribution in [2.24, 2.45) is 4.99 Å². The molecule has 2 nitrogen and oxygen atoms in total. The van der Waals surface area contributed by atoms with Crippen molar-refractivity contribution in [1.82, 2.24) is 0 Å². The highest BCUT2D eigenvalue weighted by Crippen LogP contribution is 2.24. The standard InChI is InChI=1S/C6H8F3NO/c1-4(6(7,8)9)10-5(2)11-3/h1H2,2-3H3. The monoisotopic (exact) mass is 167 g/mol. The van der Waals surface area contributed by atoms with Crippen molar-refractivity contribution in [1.29, 1.82) is 0 Å². The topological polar surface area (TPSA) is 21.6 Å². The van der Waals surface area contributed by atoms with Crippen LogP contribution in [0.4, 0.5) is 13.2 Å². The molecular weight excluding hydrogens is 159 g/mol. The van der Waals surface area contributed by atoms with Crippen LogP contribution in [0.5, 0.6) is 0 Å². The van der Waals surface area contributed by atoms with E-state index in [0.717, 1.165) is 0 Å². The van der Waals surface area contributed by atoms with Gasteiger partial charge in [-0.3, -0.25) is 0 Å². The second-order valence-electron chi connectivity index (χ2n) is 1.78. The lowest BCUT2D eigenvalue weighted by molar-refractivity contribution is -0.0920. The molecule has 0 aromatic carbocycles. The maximum atomic E-state index is 11.7. The molecule has 0 bridgehead atoms. The van der Waals surface area contributed by atoms with Crippen molar-refractivity contribution < 1.29 is 17.9 Å². The third-order valence-corrected chi connectivity index (χ3v) is 0.915. The van der Waals surface area contributed by atoms with Gasteiger partial charge in [0, 0.05) is 6.92 Å². The van der Waals surface area contributed by atoms with Gasteiger partial charge in [-0.05, 0) is 0 Å². The van der Waals surface area contributed by atoms with Crippen molar-refractivity contribution in [3.63, 3.8) is 0 Å². The Hall–Kier alpha value is -1.00. The average molecular weight is 167 g/mol. The van der Waals surface area contributed by atoms with Gasteiger partial charge in [-0.2, -0.15) is 13.2 Å². The molecule has 11 heavy (non-hydrogen) atoms. The smallest absolute Gasteiger partial charge is 0.432 e. The number of halogens is 3. The van der Waals surface area contributed by atoms with Gasteiger partial charge in [0.05, 0.1) is 7.11 Å². The molecule has 5 heteroatoms. The summed E-state index contributed by atoms with van der Waals surface area (Å²) in [7, 11) is 1.24. The van der Waals surface area contributed by atoms with E-state index in [9.17, 15) is 13.2 Å². The second-order valence-corrected chi connectivity index (χ2v) is 1.78. The zero-order valence-corrected chi connectivity index (χ0v) is 6.20. The van der Waals surface area contributed by atoms with Crippen LogP contribution in [-0.4, -0.2) is 19.2 Å². The van der Waals surface area contributed by atoms with Crippen LogP contribution in [0, 0.1) is 0 Å². The van der Waals surface area contributed by atoms with Gasteiger partial charge >= 0.3 is 6.18 Å². The van der Waals surface area contributed by atoms with E-state index in [2.05, 4.69) is 16.3 Å². The third kappa shape index (κ3) is 3.64. The number of aliphatic imine (C=N–C) groups is 1. The summed E-state index contributed by atoms with van der Waals surface area (Å²) < 4.78 is 39.5. The Morgan fingerprint density at radius 3 is 2.18 bits per heavy atom. The quantitative estimate of drug-likeness (QED) is 0.433. The molecule has 0 saturated carbocycles. The van der Waals surface area contributed by atoms with Crippen LogP contribution < -0.4 is 0 Å². The fraction of sp³-hybridized carbons (Fsp3) is 0.500. The maximum absolute atomic E-state index is 11.7. The first-order chi connectivity index (χ1) is 4.88. The first kappa shape index (κ1) is 10.0. The molecule has 64 valence electrons. The third-order valence-electron chi connectivity index (χ3n) is 0.915. The summed E-state index contributed by atoms with van der Waals surface area (Å²) in [4.78, 5) is 3.04. The molecule has 0 rings (SSSR count). The van der Waals surface area contributed by atoms with Crippen LogP contribution in [0.15, 0.2) is 17.3 Å². The highest BCUT2D eigenvalue weighted by Gasteiger charge is 2.32. The number of hydrogen-bond acceptors (Lipinski definition) is 2. The van der Waals surface area contributed by atoms with Crippen LogP contribution in [0.1, 0.15) is 6.92 Å². The van der Waals surface area contributed by atoms with E-state index in [1.807, 2.05) is 0 Å². The lowest BCUT2D eigenvalue weighted by Gasteiger charge is -2.05. The van der Waals surface area contributed by atoms with Crippen molar-refractivity contribution in [2.75, 3.05) is 7.11 Å². The van der Waals surface area contributed by atoms with Gasteiger partial charge in [-0.15, -0.1) is 0 Å². The van der Waals surface area contributed by atoms with Gasteiger partial charge < -0.3 is 4.74 Å². The fourth-order valence-corrected chi connectivity index (χ4v) is 0.299. The van der Waals surface area contributed by atoms with Crippen molar-refractivity contribution in [3.8, 4) is 0 Å². The van der Waals surface area contributed by atoms with Crippen LogP contribution in [0.25, 0.3) is 0 Å². The van der Waals surface area contributed by atoms with Crippen molar-refractivity contribution >= 4 is 5.90 Å². The molecule has 0 aliphatic carbocycles. The minimum atomic E-state index is -4.47. The van der Waals surface area contributed by atoms with E-state index >= 15 is 0 Å². The summed E-state index contributed by atoms with van der Waals surface area (Å²) in [6, 6.07) is 0. The molecule has 0 fully saturated rings. The largest absolute Gasteiger partial charge is 0.484 e. The maximum Gasteiger partial charge on any atom is 0.432 e. The highest BCUT2D eigenvalue weighted by molar-refractivity contribution is 5.74. The number of nitrogens with zero attached hydrogens (tertiary/aromatic N) is 1. The molecule has 0 saturated heterocycles. The summed E-state index contributed by atoms with van der Waals surface area (Å²) in [6.07, 6.45) is -4.47. The summed E-state index contributed by atoms with van der Waals surface area (Å²) in [5.74, 6) is -0.0627. The van der Waals surface area contributed by atoms with Crippen molar-refractivity contribution in [2.45, 2.75) is 13.1 Å². The van der Waals surface area contributed by atoms with E-state index in [1.54, 1.807) is 0 Å². The molecule has 0 aromatic heterocycles. The molecule has 0 aliphatic rings. The Morgan fingerprint density at radius 1 is 1.45 bits per heavy atom. The molecule has 0 unspecified atom stereocenters. The number of alkyl halides is 3. The average Bonchev–Trinajstić information content (AvgIpc) is 1.85. The van der Waals surface area contributed by atoms with Crippen molar-refractivity contribution in [3.05, 3.63) is 12.3 Å². The van der Waals surface area contributed by atoms with E-state index in [1.165, 1.54) is 14.0 Å². The Kier molecular flexibility index (Phi) is 3.10. The predicted octanol–water partition coefficient (Wildman–Crippen LogP) is 2.13. The van der Waals surface area contributed by atoms with Crippen LogP contribution in [0.3, 0.4) is 0 Å². The van der Waals surface area contributed by atoms with E-state index < -0.39 is 11.9 Å². The molecule has 0 radical (unpaired) electrons. The van der Waals surface area contributed by atoms with Gasteiger partial charge in [0.2, 0.25) is 0 Å². The summed E-state index contributed by atoms with van der Waals surface area (Å²) in [5, 5.41) is 0. The zero-order valence-electron chi connectivity index (χ0n) is 6.20. The molecule has 0 aromatic rings. The molecule has 0 heterocycles. The molecule has 0 amide bonds. The Labute approximate surface area is 62.4 Å². The highest BCUT2D eigenvalue weighted by atomic mass is 19.4. The van der Waals surface area contributed by atoms with Crippen LogP contribution in [0.2, 0.25) is 0 Å². The van der Waals surface area contributed by atoms with Gasteiger partial charge in [0.25, 0.3) is 0 Å². The molecule has 0 spiro atoms. The van der Waals surface area contributed by atoms with E-state index in [0.29, 0.717) is 0 Å². The number of allylic oxidation sites excluding steroid dienone is 1. The van der Waals surface area contributed by atoms with E-state index in [4.69, 9.17) is 0 Å². The summed E-state index contributed by atoms with van der Waals surface area (Å²) in [5.41, 5.74) is -1.16. The Balaban J connectivity index is 4.30. The number of ether oxygens (including phenoxy) is 1. The number of rotatable bonds is 1. The Bertz CT molecular complexity index is 183. The lowest BCUT2D eigenvalue weighted by Crippen LogP contribution is -2.10. The first-order valence-corrected chi connectivity index (χ1v) is 2.73. The minimum Gasteiger partial charge on any atom is -0.484 e. The second kappa shape index (κ2) is 3.41. The molecule has 0 aliphatic heterocycles. The Morgan fingerprint density at radius 2 is 1.91 bits per heavy atom. The minimum absolute atomic E-state index is 0.0627. The molecule has 0 atom stereocenters. The summed E-state index contributed by atoms with van der Waals surface area (Å²) in [6.45, 7) is 4.04. The first-order valence-electron chi connectivity index (χ1n) is 2.73. The van der Waals surface area contributed by atoms with Gasteiger partial charge in [0.15, 0.2) is 5.90 Å². The van der Waals surface area contributed by atoms with Gasteiger partial charge in [0.1, 0.15) is 5.70 Å². The summed E-state index contributed by atoms with van der Waals surface area (Å²) >= 11 is 0. The van der Waals surface area contributed by atoms with E-state index in [-0.39, 0.29) is 5.90 Å². The number of methoxy groups -OCH3 is 1. The molecule has 0 N–H and O–H groups in total. The van der Waals surface area contributed by atoms with Gasteiger partial charge in [-0.25, -0.2) is 4.99 Å².